The first-order valence-electron chi connectivity index (χ1n) is 6.96. The molecule has 6 nitrogen and oxygen atoms in total. The number of hydrogen-bond acceptors (Lipinski definition) is 5. The van der Waals surface area contributed by atoms with Crippen LogP contribution in [0.5, 0.6) is 0 Å². The largest absolute Gasteiger partial charge is 0.463 e. The number of nitrogens with zero attached hydrogens (tertiary/aromatic N) is 1. The highest BCUT2D eigenvalue weighted by molar-refractivity contribution is 8.04. The maximum Gasteiger partial charge on any atom is 0.333 e. The minimum absolute atomic E-state index is 0.168. The van der Waals surface area contributed by atoms with Gasteiger partial charge in [-0.05, 0) is 25.1 Å². The first-order valence-corrected chi connectivity index (χ1v) is 8.70. The van der Waals surface area contributed by atoms with Gasteiger partial charge in [-0.2, -0.15) is 0 Å². The second kappa shape index (κ2) is 8.41. The Morgan fingerprint density at radius 1 is 1.33 bits per heavy atom. The zero-order valence-corrected chi connectivity index (χ0v) is 15.0. The van der Waals surface area contributed by atoms with E-state index in [1.165, 1.54) is 22.7 Å². The predicted octanol–water partition coefficient (Wildman–Crippen LogP) is 2.91. The molecule has 0 unspecified atom stereocenters. The maximum absolute atomic E-state index is 12.1. The van der Waals surface area contributed by atoms with Gasteiger partial charge in [-0.1, -0.05) is 35.0 Å². The Hall–Kier alpha value is -1.70. The molecule has 2 rings (SSSR count). The van der Waals surface area contributed by atoms with Crippen molar-refractivity contribution >= 4 is 58.4 Å². The van der Waals surface area contributed by atoms with Gasteiger partial charge in [0.05, 0.1) is 23.5 Å². The molecule has 0 bridgehead atoms. The van der Waals surface area contributed by atoms with Crippen LogP contribution in [-0.2, 0) is 19.1 Å². The van der Waals surface area contributed by atoms with Crippen molar-refractivity contribution in [2.45, 2.75) is 6.92 Å². The predicted molar refractivity (Wildman–Crippen MR) is 94.0 cm³/mol. The molecule has 1 aromatic rings. The molecule has 0 spiro atoms. The number of benzene rings is 1. The van der Waals surface area contributed by atoms with Gasteiger partial charge < -0.3 is 10.1 Å². The average molecular weight is 389 g/mol. The van der Waals surface area contributed by atoms with E-state index in [1.807, 2.05) is 0 Å². The lowest BCUT2D eigenvalue weighted by molar-refractivity contribution is -0.137. The first kappa shape index (κ1) is 18.6. The lowest BCUT2D eigenvalue weighted by Gasteiger charge is -2.16. The Balaban J connectivity index is 2.05. The van der Waals surface area contributed by atoms with Crippen molar-refractivity contribution < 1.29 is 19.1 Å². The van der Waals surface area contributed by atoms with Crippen LogP contribution < -0.4 is 5.32 Å². The smallest absolute Gasteiger partial charge is 0.333 e. The summed E-state index contributed by atoms with van der Waals surface area (Å²) in [6.07, 6.45) is 1.21. The minimum Gasteiger partial charge on any atom is -0.463 e. The second-order valence-corrected chi connectivity index (χ2v) is 6.58. The number of hydrogen-bond donors (Lipinski definition) is 1. The molecule has 1 fully saturated rings. The molecule has 1 aliphatic heterocycles. The van der Waals surface area contributed by atoms with Gasteiger partial charge in [0.25, 0.3) is 0 Å². The standard InChI is InChI=1S/C15H14Cl2N2O4S/c1-2-23-15(22)6-14-19(13(21)8-24-14)7-12(20)18-11-4-9(16)3-10(17)5-11/h3-6H,2,7-8H2,1H3,(H,18,20)/b14-6-. The first-order chi connectivity index (χ1) is 11.4. The van der Waals surface area contributed by atoms with Gasteiger partial charge >= 0.3 is 5.97 Å². The highest BCUT2D eigenvalue weighted by Crippen LogP contribution is 2.29. The Labute approximate surface area is 153 Å². The van der Waals surface area contributed by atoms with Crippen molar-refractivity contribution in [1.82, 2.24) is 4.90 Å². The van der Waals surface area contributed by atoms with Gasteiger partial charge in [-0.25, -0.2) is 4.79 Å². The van der Waals surface area contributed by atoms with Crippen LogP contribution in [0.15, 0.2) is 29.3 Å². The van der Waals surface area contributed by atoms with Crippen LogP contribution in [0.1, 0.15) is 6.92 Å². The van der Waals surface area contributed by atoms with Gasteiger partial charge in [0, 0.05) is 15.7 Å². The number of thioether (sulfide) groups is 1. The van der Waals surface area contributed by atoms with Crippen LogP contribution in [0.4, 0.5) is 5.69 Å². The summed E-state index contributed by atoms with van der Waals surface area (Å²) in [5.74, 6) is -1.07. The Kier molecular flexibility index (Phi) is 6.53. The molecule has 0 aliphatic carbocycles. The lowest BCUT2D eigenvalue weighted by Crippen LogP contribution is -2.34. The monoisotopic (exact) mass is 388 g/mol. The zero-order chi connectivity index (χ0) is 17.7. The number of nitrogens with one attached hydrogen (secondary N) is 1. The Bertz CT molecular complexity index is 688. The minimum atomic E-state index is -0.554. The van der Waals surface area contributed by atoms with E-state index in [1.54, 1.807) is 25.1 Å². The molecule has 0 radical (unpaired) electrons. The number of amides is 2. The third kappa shape index (κ3) is 5.15. The molecule has 0 saturated carbocycles. The number of carbonyl (C=O) groups is 3. The van der Waals surface area contributed by atoms with Crippen molar-refractivity contribution in [3.63, 3.8) is 0 Å². The molecule has 24 heavy (non-hydrogen) atoms. The van der Waals surface area contributed by atoms with Crippen molar-refractivity contribution in [1.29, 1.82) is 0 Å². The van der Waals surface area contributed by atoms with Crippen molar-refractivity contribution in [2.24, 2.45) is 0 Å². The normalized spacial score (nSPS) is 15.7. The summed E-state index contributed by atoms with van der Waals surface area (Å²) in [5, 5.41) is 3.77. The average Bonchev–Trinajstić information content (AvgIpc) is 2.79. The van der Waals surface area contributed by atoms with Gasteiger partial charge in [-0.15, -0.1) is 0 Å². The van der Waals surface area contributed by atoms with Crippen LogP contribution in [-0.4, -0.2) is 41.6 Å². The molecule has 1 aliphatic rings. The fourth-order valence-electron chi connectivity index (χ4n) is 1.95. The summed E-state index contributed by atoms with van der Waals surface area (Å²) >= 11 is 12.9. The summed E-state index contributed by atoms with van der Waals surface area (Å²) in [6.45, 7) is 1.70. The van der Waals surface area contributed by atoms with Crippen molar-refractivity contribution in [3.05, 3.63) is 39.3 Å². The zero-order valence-electron chi connectivity index (χ0n) is 12.7. The number of anilines is 1. The van der Waals surface area contributed by atoms with E-state index in [0.717, 1.165) is 0 Å². The molecule has 0 atom stereocenters. The molecule has 1 aromatic carbocycles. The van der Waals surface area contributed by atoms with Gasteiger partial charge in [-0.3, -0.25) is 14.5 Å². The van der Waals surface area contributed by atoms with E-state index in [2.05, 4.69) is 5.32 Å². The summed E-state index contributed by atoms with van der Waals surface area (Å²) < 4.78 is 4.82. The van der Waals surface area contributed by atoms with Crippen LogP contribution >= 0.6 is 35.0 Å². The fourth-order valence-corrected chi connectivity index (χ4v) is 3.41. The summed E-state index contributed by atoms with van der Waals surface area (Å²) in [6, 6.07) is 4.63. The number of esters is 1. The Morgan fingerprint density at radius 3 is 2.62 bits per heavy atom. The molecule has 2 amide bonds. The summed E-state index contributed by atoms with van der Waals surface area (Å²) in [4.78, 5) is 36.8. The van der Waals surface area contributed by atoms with E-state index in [9.17, 15) is 14.4 Å². The molecule has 1 heterocycles. The van der Waals surface area contributed by atoms with Crippen LogP contribution in [0, 0.1) is 0 Å². The van der Waals surface area contributed by atoms with Gasteiger partial charge in [0.1, 0.15) is 6.54 Å². The fraction of sp³-hybridized carbons (Fsp3) is 0.267. The maximum atomic E-state index is 12.1. The van der Waals surface area contributed by atoms with Crippen molar-refractivity contribution in [3.8, 4) is 0 Å². The summed E-state index contributed by atoms with van der Waals surface area (Å²) in [5.41, 5.74) is 0.424. The summed E-state index contributed by atoms with van der Waals surface area (Å²) in [7, 11) is 0. The third-order valence-electron chi connectivity index (χ3n) is 2.89. The van der Waals surface area contributed by atoms with Crippen LogP contribution in [0.25, 0.3) is 0 Å². The van der Waals surface area contributed by atoms with E-state index < -0.39 is 11.9 Å². The number of ether oxygens (including phenoxy) is 1. The molecule has 9 heteroatoms. The van der Waals surface area contributed by atoms with Gasteiger partial charge in [0.2, 0.25) is 11.8 Å². The molecular weight excluding hydrogens is 375 g/mol. The molecule has 0 aromatic heterocycles. The van der Waals surface area contributed by atoms with Crippen LogP contribution in [0.2, 0.25) is 10.0 Å². The van der Waals surface area contributed by atoms with Crippen LogP contribution in [0.3, 0.4) is 0 Å². The highest BCUT2D eigenvalue weighted by Gasteiger charge is 2.29. The molecule has 1 saturated heterocycles. The second-order valence-electron chi connectivity index (χ2n) is 4.71. The number of rotatable bonds is 5. The Morgan fingerprint density at radius 2 is 2.00 bits per heavy atom. The SMILES string of the molecule is CCOC(=O)/C=C1\SCC(=O)N1CC(=O)Nc1cc(Cl)cc(Cl)c1. The number of carbonyl (C=O) groups excluding carboxylic acids is 3. The third-order valence-corrected chi connectivity index (χ3v) is 4.35. The van der Waals surface area contributed by atoms with Crippen molar-refractivity contribution in [2.75, 3.05) is 24.2 Å². The molecule has 128 valence electrons. The van der Waals surface area contributed by atoms with E-state index in [-0.39, 0.29) is 24.8 Å². The topological polar surface area (TPSA) is 75.7 Å². The quantitative estimate of drug-likeness (QED) is 0.619. The van der Waals surface area contributed by atoms with Gasteiger partial charge in [0.15, 0.2) is 0 Å². The van der Waals surface area contributed by atoms with E-state index in [0.29, 0.717) is 20.8 Å². The molecule has 1 N–H and O–H groups in total. The highest BCUT2D eigenvalue weighted by atomic mass is 35.5. The lowest BCUT2D eigenvalue weighted by atomic mass is 10.3. The van der Waals surface area contributed by atoms with E-state index >= 15 is 0 Å². The molecular formula is C15H14Cl2N2O4S. The van der Waals surface area contributed by atoms with E-state index in [4.69, 9.17) is 27.9 Å². The number of halogens is 2.